The van der Waals surface area contributed by atoms with Crippen LogP contribution >= 0.6 is 15.9 Å². The van der Waals surface area contributed by atoms with Gasteiger partial charge < -0.3 is 15.1 Å². The highest BCUT2D eigenvalue weighted by Gasteiger charge is 2.24. The summed E-state index contributed by atoms with van der Waals surface area (Å²) in [6.07, 6.45) is -0.936. The summed E-state index contributed by atoms with van der Waals surface area (Å²) in [5, 5.41) is 19.9. The number of anilines is 1. The molecule has 1 aromatic rings. The van der Waals surface area contributed by atoms with Crippen molar-refractivity contribution in [3.8, 4) is 0 Å². The monoisotopic (exact) mass is 313 g/mol. The first-order chi connectivity index (χ1) is 8.54. The van der Waals surface area contributed by atoms with Crippen molar-refractivity contribution in [1.82, 2.24) is 0 Å². The van der Waals surface area contributed by atoms with Crippen LogP contribution in [0.5, 0.6) is 0 Å². The predicted octanol–water partition coefficient (Wildman–Crippen LogP) is 1.38. The lowest BCUT2D eigenvalue weighted by Gasteiger charge is -2.18. The van der Waals surface area contributed by atoms with E-state index in [0.717, 1.165) is 17.7 Å². The molecule has 1 amide bonds. The highest BCUT2D eigenvalue weighted by molar-refractivity contribution is 9.09. The molecule has 1 aliphatic rings. The number of rotatable bonds is 3. The molecular formula is C13H16BrNO3. The van der Waals surface area contributed by atoms with Crippen LogP contribution in [0.4, 0.5) is 5.69 Å². The van der Waals surface area contributed by atoms with E-state index in [4.69, 9.17) is 0 Å². The molecule has 1 heterocycles. The zero-order valence-electron chi connectivity index (χ0n) is 10.1. The number of carbonyl (C=O) groups excluding carboxylic acids is 1. The zero-order chi connectivity index (χ0) is 13.3. The second kappa shape index (κ2) is 5.38. The van der Waals surface area contributed by atoms with E-state index >= 15 is 0 Å². The van der Waals surface area contributed by atoms with Gasteiger partial charge in [-0.1, -0.05) is 28.1 Å². The molecule has 2 atom stereocenters. The van der Waals surface area contributed by atoms with Gasteiger partial charge in [-0.25, -0.2) is 0 Å². The number of aliphatic hydroxyl groups is 2. The van der Waals surface area contributed by atoms with Crippen LogP contribution in [0.1, 0.15) is 24.2 Å². The highest BCUT2D eigenvalue weighted by Crippen LogP contribution is 2.31. The van der Waals surface area contributed by atoms with Crippen molar-refractivity contribution in [3.63, 3.8) is 0 Å². The van der Waals surface area contributed by atoms with E-state index in [2.05, 4.69) is 15.9 Å². The Bertz CT molecular complexity index is 464. The maximum atomic E-state index is 11.4. The smallest absolute Gasteiger partial charge is 0.223 e. The summed E-state index contributed by atoms with van der Waals surface area (Å²) in [7, 11) is 0. The molecule has 0 fully saturated rings. The largest absolute Gasteiger partial charge is 0.389 e. The van der Waals surface area contributed by atoms with Crippen molar-refractivity contribution in [3.05, 3.63) is 29.3 Å². The Balaban J connectivity index is 2.27. The summed E-state index contributed by atoms with van der Waals surface area (Å²) in [4.78, 5) is 13.1. The van der Waals surface area contributed by atoms with Crippen LogP contribution in [-0.4, -0.2) is 34.1 Å². The van der Waals surface area contributed by atoms with Crippen LogP contribution in [0.2, 0.25) is 0 Å². The zero-order valence-corrected chi connectivity index (χ0v) is 11.7. The summed E-state index contributed by atoms with van der Waals surface area (Å²) < 4.78 is 0. The van der Waals surface area contributed by atoms with Crippen LogP contribution in [-0.2, 0) is 11.2 Å². The van der Waals surface area contributed by atoms with E-state index in [1.165, 1.54) is 0 Å². The first kappa shape index (κ1) is 13.5. The Kier molecular flexibility index (Phi) is 4.04. The lowest BCUT2D eigenvalue weighted by molar-refractivity contribution is -0.116. The molecule has 0 spiro atoms. The van der Waals surface area contributed by atoms with Crippen LogP contribution in [0.15, 0.2) is 18.2 Å². The molecule has 2 unspecified atom stereocenters. The number of hydrogen-bond donors (Lipinski definition) is 2. The molecule has 0 saturated carbocycles. The number of alkyl halides is 1. The quantitative estimate of drug-likeness (QED) is 0.829. The lowest BCUT2D eigenvalue weighted by atomic mass is 10.0. The maximum absolute atomic E-state index is 11.4. The molecule has 2 N–H and O–H groups in total. The van der Waals surface area contributed by atoms with Gasteiger partial charge in [0.05, 0.1) is 6.10 Å². The van der Waals surface area contributed by atoms with Gasteiger partial charge >= 0.3 is 0 Å². The van der Waals surface area contributed by atoms with Gasteiger partial charge in [0.2, 0.25) is 5.91 Å². The number of nitrogens with zero attached hydrogens (tertiary/aromatic N) is 1. The first-order valence-electron chi connectivity index (χ1n) is 5.87. The van der Waals surface area contributed by atoms with E-state index < -0.39 is 12.2 Å². The van der Waals surface area contributed by atoms with E-state index in [1.807, 2.05) is 12.1 Å². The molecule has 0 bridgehead atoms. The lowest BCUT2D eigenvalue weighted by Crippen LogP contribution is -2.25. The third-order valence-electron chi connectivity index (χ3n) is 3.24. The Labute approximate surface area is 114 Å². The molecule has 1 aromatic carbocycles. The Morgan fingerprint density at radius 2 is 2.22 bits per heavy atom. The number of aliphatic hydroxyl groups excluding tert-OH is 2. The fourth-order valence-corrected chi connectivity index (χ4v) is 2.59. The van der Waals surface area contributed by atoms with Crippen LogP contribution in [0, 0.1) is 0 Å². The summed E-state index contributed by atoms with van der Waals surface area (Å²) in [6, 6.07) is 5.47. The number of fused-ring (bicyclic) bond motifs is 1. The molecule has 18 heavy (non-hydrogen) atoms. The fraction of sp³-hybridized carbons (Fsp3) is 0.462. The third-order valence-corrected chi connectivity index (χ3v) is 3.91. The van der Waals surface area contributed by atoms with Gasteiger partial charge in [-0.05, 0) is 23.6 Å². The topological polar surface area (TPSA) is 60.8 Å². The third kappa shape index (κ3) is 2.43. The van der Waals surface area contributed by atoms with Crippen molar-refractivity contribution < 1.29 is 15.0 Å². The number of hydrogen-bond acceptors (Lipinski definition) is 3. The number of amides is 1. The van der Waals surface area contributed by atoms with Crippen molar-refractivity contribution in [2.24, 2.45) is 0 Å². The molecule has 5 heteroatoms. The number of halogens is 1. The average Bonchev–Trinajstić information content (AvgIpc) is 2.79. The fourth-order valence-electron chi connectivity index (χ4n) is 2.24. The van der Waals surface area contributed by atoms with Gasteiger partial charge in [-0.15, -0.1) is 0 Å². The van der Waals surface area contributed by atoms with Crippen LogP contribution in [0.25, 0.3) is 0 Å². The van der Waals surface area contributed by atoms with Gasteiger partial charge in [0.15, 0.2) is 0 Å². The maximum Gasteiger partial charge on any atom is 0.223 e. The Hall–Kier alpha value is -0.910. The van der Waals surface area contributed by atoms with Crippen molar-refractivity contribution >= 4 is 27.5 Å². The molecular weight excluding hydrogens is 298 g/mol. The molecule has 2 rings (SSSR count). The minimum Gasteiger partial charge on any atom is -0.389 e. The summed E-state index contributed by atoms with van der Waals surface area (Å²) in [5.41, 5.74) is 2.64. The van der Waals surface area contributed by atoms with E-state index in [1.54, 1.807) is 17.9 Å². The average molecular weight is 314 g/mol. The minimum atomic E-state index is -0.902. The first-order valence-corrected chi connectivity index (χ1v) is 6.99. The molecule has 0 aliphatic carbocycles. The standard InChI is InChI=1S/C13H16BrNO3/c1-8(16)15-5-4-9-6-10(2-3-11(9)15)13(18)12(17)7-14/h2-3,6,12-13,17-18H,4-5,7H2,1H3. The second-order valence-electron chi connectivity index (χ2n) is 4.48. The number of carbonyl (C=O) groups is 1. The Morgan fingerprint density at radius 1 is 1.50 bits per heavy atom. The van der Waals surface area contributed by atoms with Crippen LogP contribution < -0.4 is 4.90 Å². The molecule has 0 aromatic heterocycles. The molecule has 98 valence electrons. The van der Waals surface area contributed by atoms with E-state index in [0.29, 0.717) is 17.4 Å². The van der Waals surface area contributed by atoms with Crippen molar-refractivity contribution in [2.75, 3.05) is 16.8 Å². The highest BCUT2D eigenvalue weighted by atomic mass is 79.9. The molecule has 0 saturated heterocycles. The van der Waals surface area contributed by atoms with Gasteiger partial charge in [-0.2, -0.15) is 0 Å². The second-order valence-corrected chi connectivity index (χ2v) is 5.12. The summed E-state index contributed by atoms with van der Waals surface area (Å²) in [6.45, 7) is 2.23. The molecule has 4 nitrogen and oxygen atoms in total. The van der Waals surface area contributed by atoms with Crippen molar-refractivity contribution in [1.29, 1.82) is 0 Å². The van der Waals surface area contributed by atoms with E-state index in [-0.39, 0.29) is 5.91 Å². The van der Waals surface area contributed by atoms with Gasteiger partial charge in [0.1, 0.15) is 6.10 Å². The van der Waals surface area contributed by atoms with Crippen LogP contribution in [0.3, 0.4) is 0 Å². The normalized spacial score (nSPS) is 17.4. The predicted molar refractivity (Wildman–Crippen MR) is 72.9 cm³/mol. The molecule has 0 radical (unpaired) electrons. The van der Waals surface area contributed by atoms with Crippen molar-refractivity contribution in [2.45, 2.75) is 25.6 Å². The van der Waals surface area contributed by atoms with Gasteiger partial charge in [0.25, 0.3) is 0 Å². The van der Waals surface area contributed by atoms with Gasteiger partial charge in [0, 0.05) is 24.5 Å². The molecule has 1 aliphatic heterocycles. The Morgan fingerprint density at radius 3 is 2.83 bits per heavy atom. The summed E-state index contributed by atoms with van der Waals surface area (Å²) in [5.74, 6) is 0.0301. The summed E-state index contributed by atoms with van der Waals surface area (Å²) >= 11 is 3.14. The minimum absolute atomic E-state index is 0.0301. The van der Waals surface area contributed by atoms with E-state index in [9.17, 15) is 15.0 Å². The van der Waals surface area contributed by atoms with Gasteiger partial charge in [-0.3, -0.25) is 4.79 Å². The number of benzene rings is 1. The SMILES string of the molecule is CC(=O)N1CCc2cc(C(O)C(O)CBr)ccc21.